The maximum Gasteiger partial charge on any atom is 0.261 e. The van der Waals surface area contributed by atoms with Crippen molar-refractivity contribution in [3.8, 4) is 11.5 Å². The van der Waals surface area contributed by atoms with Crippen molar-refractivity contribution in [3.63, 3.8) is 0 Å². The number of sulfonamides is 1. The average molecular weight is 472 g/mol. The van der Waals surface area contributed by atoms with E-state index in [0.29, 0.717) is 41.8 Å². The van der Waals surface area contributed by atoms with Crippen LogP contribution in [0.25, 0.3) is 0 Å². The van der Waals surface area contributed by atoms with Crippen LogP contribution < -0.4 is 24.8 Å². The molecule has 0 aliphatic carbocycles. The Bertz CT molecular complexity index is 1250. The number of hydrogen-bond donors (Lipinski definition) is 3. The fraction of sp³-hybridized carbons (Fsp3) is 0.174. The topological polar surface area (TPSA) is 106 Å². The fourth-order valence-electron chi connectivity index (χ4n) is 3.15. The Hall–Kier alpha value is -3.79. The summed E-state index contributed by atoms with van der Waals surface area (Å²) in [5.41, 5.74) is 1.55. The fourth-order valence-corrected chi connectivity index (χ4v) is 4.21. The Kier molecular flexibility index (Phi) is 6.36. The van der Waals surface area contributed by atoms with Gasteiger partial charge in [0.2, 0.25) is 5.91 Å². The SMILES string of the molecule is C[C@H](Nc1ccc(NS(=O)(=O)c2ccc(F)cc2)cc1)C(=O)Nc1ccc2c(c1)OCCO2. The Morgan fingerprint density at radius 1 is 0.879 bits per heavy atom. The van der Waals surface area contributed by atoms with Gasteiger partial charge in [-0.25, -0.2) is 12.8 Å². The molecule has 1 heterocycles. The molecule has 0 unspecified atom stereocenters. The van der Waals surface area contributed by atoms with Gasteiger partial charge in [-0.2, -0.15) is 0 Å². The van der Waals surface area contributed by atoms with E-state index in [1.54, 1.807) is 49.4 Å². The van der Waals surface area contributed by atoms with Crippen molar-refractivity contribution in [2.24, 2.45) is 0 Å². The quantitative estimate of drug-likeness (QED) is 0.484. The second kappa shape index (κ2) is 9.37. The van der Waals surface area contributed by atoms with Crippen LogP contribution in [0.5, 0.6) is 11.5 Å². The van der Waals surface area contributed by atoms with E-state index in [0.717, 1.165) is 12.1 Å². The van der Waals surface area contributed by atoms with E-state index in [2.05, 4.69) is 15.4 Å². The maximum atomic E-state index is 13.0. The number of rotatable bonds is 7. The standard InChI is InChI=1S/C23H22FN3O5S/c1-15(23(28)26-19-8-11-21-22(14-19)32-13-12-31-21)25-17-4-6-18(7-5-17)27-33(29,30)20-9-2-16(24)3-10-20/h2-11,14-15,25,27H,12-13H2,1H3,(H,26,28)/t15-/m0/s1. The molecule has 0 spiro atoms. The first-order chi connectivity index (χ1) is 15.8. The van der Waals surface area contributed by atoms with Crippen molar-refractivity contribution in [2.45, 2.75) is 17.9 Å². The summed E-state index contributed by atoms with van der Waals surface area (Å²) in [5, 5.41) is 5.89. The van der Waals surface area contributed by atoms with E-state index in [-0.39, 0.29) is 10.8 Å². The van der Waals surface area contributed by atoms with Crippen molar-refractivity contribution in [3.05, 3.63) is 72.5 Å². The van der Waals surface area contributed by atoms with Gasteiger partial charge < -0.3 is 20.1 Å². The smallest absolute Gasteiger partial charge is 0.261 e. The van der Waals surface area contributed by atoms with Crippen molar-refractivity contribution < 1.29 is 27.1 Å². The predicted molar refractivity (Wildman–Crippen MR) is 123 cm³/mol. The van der Waals surface area contributed by atoms with E-state index >= 15 is 0 Å². The van der Waals surface area contributed by atoms with Crippen LogP contribution in [0, 0.1) is 5.82 Å². The predicted octanol–water partition coefficient (Wildman–Crippen LogP) is 3.84. The molecule has 1 amide bonds. The van der Waals surface area contributed by atoms with Gasteiger partial charge in [0.1, 0.15) is 25.1 Å². The molecule has 0 fully saturated rings. The summed E-state index contributed by atoms with van der Waals surface area (Å²) in [7, 11) is -3.84. The van der Waals surface area contributed by atoms with Gasteiger partial charge in [-0.3, -0.25) is 9.52 Å². The van der Waals surface area contributed by atoms with Crippen LogP contribution in [0.2, 0.25) is 0 Å². The number of amides is 1. The molecule has 4 rings (SSSR count). The summed E-state index contributed by atoms with van der Waals surface area (Å²) < 4.78 is 51.3. The first-order valence-electron chi connectivity index (χ1n) is 10.2. The second-order valence-corrected chi connectivity index (χ2v) is 9.03. The molecular formula is C23H22FN3O5S. The molecule has 3 aromatic carbocycles. The van der Waals surface area contributed by atoms with E-state index < -0.39 is 21.9 Å². The van der Waals surface area contributed by atoms with E-state index in [1.165, 1.54) is 12.1 Å². The summed E-state index contributed by atoms with van der Waals surface area (Å²) in [6.45, 7) is 2.66. The molecule has 0 saturated heterocycles. The molecule has 1 aliphatic rings. The zero-order valence-electron chi connectivity index (χ0n) is 17.7. The monoisotopic (exact) mass is 471 g/mol. The first-order valence-corrected chi connectivity index (χ1v) is 11.6. The van der Waals surface area contributed by atoms with Crippen LogP contribution in [-0.2, 0) is 14.8 Å². The summed E-state index contributed by atoms with van der Waals surface area (Å²) in [5.74, 6) is 0.447. The normalized spacial score (nSPS) is 13.6. The number of fused-ring (bicyclic) bond motifs is 1. The molecule has 1 aliphatic heterocycles. The van der Waals surface area contributed by atoms with Crippen LogP contribution in [0.3, 0.4) is 0 Å². The number of benzene rings is 3. The highest BCUT2D eigenvalue weighted by atomic mass is 32.2. The van der Waals surface area contributed by atoms with Crippen LogP contribution in [0.15, 0.2) is 71.6 Å². The van der Waals surface area contributed by atoms with Crippen molar-refractivity contribution in [1.29, 1.82) is 0 Å². The van der Waals surface area contributed by atoms with Gasteiger partial charge in [-0.1, -0.05) is 0 Å². The highest BCUT2D eigenvalue weighted by Gasteiger charge is 2.17. The van der Waals surface area contributed by atoms with Gasteiger partial charge in [0.05, 0.1) is 4.90 Å². The molecule has 1 atom stereocenters. The van der Waals surface area contributed by atoms with E-state index in [4.69, 9.17) is 9.47 Å². The van der Waals surface area contributed by atoms with E-state index in [1.807, 2.05) is 0 Å². The first kappa shape index (κ1) is 22.4. The molecule has 0 aromatic heterocycles. The second-order valence-electron chi connectivity index (χ2n) is 7.35. The van der Waals surface area contributed by atoms with Crippen LogP contribution in [0.1, 0.15) is 6.92 Å². The van der Waals surface area contributed by atoms with Gasteiger partial charge in [-0.05, 0) is 67.6 Å². The summed E-state index contributed by atoms with van der Waals surface area (Å²) in [6, 6.07) is 15.6. The molecular weight excluding hydrogens is 449 g/mol. The third kappa shape index (κ3) is 5.53. The zero-order chi connectivity index (χ0) is 23.4. The average Bonchev–Trinajstić information content (AvgIpc) is 2.80. The lowest BCUT2D eigenvalue weighted by atomic mass is 10.2. The van der Waals surface area contributed by atoms with Crippen molar-refractivity contribution in [1.82, 2.24) is 0 Å². The summed E-state index contributed by atoms with van der Waals surface area (Å²) in [6.07, 6.45) is 0. The highest BCUT2D eigenvalue weighted by Crippen LogP contribution is 2.32. The Balaban J connectivity index is 1.35. The maximum absolute atomic E-state index is 13.0. The van der Waals surface area contributed by atoms with Crippen LogP contribution >= 0.6 is 0 Å². The number of hydrogen-bond acceptors (Lipinski definition) is 6. The number of anilines is 3. The minimum Gasteiger partial charge on any atom is -0.486 e. The number of carbonyl (C=O) groups is 1. The van der Waals surface area contributed by atoms with Gasteiger partial charge in [0.15, 0.2) is 11.5 Å². The third-order valence-electron chi connectivity index (χ3n) is 4.85. The largest absolute Gasteiger partial charge is 0.486 e. The number of carbonyl (C=O) groups excluding carboxylic acids is 1. The minimum absolute atomic E-state index is 0.0458. The molecule has 0 saturated carbocycles. The molecule has 10 heteroatoms. The Morgan fingerprint density at radius 2 is 1.48 bits per heavy atom. The van der Waals surface area contributed by atoms with Crippen molar-refractivity contribution in [2.75, 3.05) is 28.6 Å². The molecule has 3 aromatic rings. The highest BCUT2D eigenvalue weighted by molar-refractivity contribution is 7.92. The van der Waals surface area contributed by atoms with Gasteiger partial charge in [0.25, 0.3) is 10.0 Å². The number of ether oxygens (including phenoxy) is 2. The Labute approximate surface area is 190 Å². The van der Waals surface area contributed by atoms with Crippen molar-refractivity contribution >= 4 is 33.0 Å². The molecule has 0 bridgehead atoms. The Morgan fingerprint density at radius 3 is 2.18 bits per heavy atom. The number of halogens is 1. The lowest BCUT2D eigenvalue weighted by molar-refractivity contribution is -0.116. The van der Waals surface area contributed by atoms with Crippen LogP contribution in [-0.4, -0.2) is 33.6 Å². The number of nitrogens with one attached hydrogen (secondary N) is 3. The van der Waals surface area contributed by atoms with Gasteiger partial charge >= 0.3 is 0 Å². The van der Waals surface area contributed by atoms with Gasteiger partial charge in [0, 0.05) is 23.1 Å². The molecule has 3 N–H and O–H groups in total. The summed E-state index contributed by atoms with van der Waals surface area (Å²) >= 11 is 0. The zero-order valence-corrected chi connectivity index (χ0v) is 18.5. The lowest BCUT2D eigenvalue weighted by Gasteiger charge is -2.20. The third-order valence-corrected chi connectivity index (χ3v) is 6.24. The molecule has 8 nitrogen and oxygen atoms in total. The van der Waals surface area contributed by atoms with E-state index in [9.17, 15) is 17.6 Å². The molecule has 172 valence electrons. The van der Waals surface area contributed by atoms with Crippen LogP contribution in [0.4, 0.5) is 21.5 Å². The molecule has 33 heavy (non-hydrogen) atoms. The van der Waals surface area contributed by atoms with Gasteiger partial charge in [-0.15, -0.1) is 0 Å². The minimum atomic E-state index is -3.84. The lowest BCUT2D eigenvalue weighted by Crippen LogP contribution is -2.31. The molecule has 0 radical (unpaired) electrons. The summed E-state index contributed by atoms with van der Waals surface area (Å²) in [4.78, 5) is 12.5.